The third-order valence-corrected chi connectivity index (χ3v) is 9.85. The number of esters is 2. The third kappa shape index (κ3) is 2.26. The van der Waals surface area contributed by atoms with E-state index in [-0.39, 0.29) is 30.3 Å². The molecule has 5 atom stereocenters. The van der Waals surface area contributed by atoms with Crippen molar-refractivity contribution in [3.63, 3.8) is 0 Å². The minimum absolute atomic E-state index is 0.179. The van der Waals surface area contributed by atoms with Crippen LogP contribution in [0.5, 0.6) is 0 Å². The lowest BCUT2D eigenvalue weighted by molar-refractivity contribution is -0.169. The number of hydrogen-bond acceptors (Lipinski definition) is 6. The Morgan fingerprint density at radius 3 is 1.58 bits per heavy atom. The molecule has 0 spiro atoms. The number of carbonyl (C=O) groups is 4. The normalized spacial score (nSPS) is 42.2. The Kier molecular flexibility index (Phi) is 4.28. The molecule has 31 heavy (non-hydrogen) atoms. The lowest BCUT2D eigenvalue weighted by Crippen LogP contribution is -2.58. The van der Waals surface area contributed by atoms with Gasteiger partial charge in [0.25, 0.3) is 11.8 Å². The van der Waals surface area contributed by atoms with Crippen molar-refractivity contribution in [2.75, 3.05) is 6.54 Å². The van der Waals surface area contributed by atoms with E-state index in [4.69, 9.17) is 9.47 Å². The van der Waals surface area contributed by atoms with Crippen LogP contribution in [0.1, 0.15) is 74.1 Å². The molecule has 172 valence electrons. The molecule has 0 aromatic rings. The molecule has 0 unspecified atom stereocenters. The summed E-state index contributed by atoms with van der Waals surface area (Å²) in [5.41, 5.74) is -4.96. The van der Waals surface area contributed by atoms with Gasteiger partial charge in [-0.1, -0.05) is 27.7 Å². The summed E-state index contributed by atoms with van der Waals surface area (Å²) in [4.78, 5) is 51.1. The number of fused-ring (bicyclic) bond motifs is 4. The topological polar surface area (TPSA) is 111 Å². The standard InChI is InChI=1S/C23H34N2O6/c1-13(25-15(27)23-11-9-21(7,17(29)31-23)19(23,4)5)12-24-14(26)22-10-8-20(6,16(28)30-22)18(22,2)3/h13H,8-12H2,1-7H3,(H,24,26)(H,25,27)/t13-,20-,21-,22-,23+/m1/s1. The number of ether oxygens (including phenoxy) is 2. The highest BCUT2D eigenvalue weighted by molar-refractivity contribution is 5.97. The van der Waals surface area contributed by atoms with E-state index < -0.39 is 38.9 Å². The summed E-state index contributed by atoms with van der Waals surface area (Å²) < 4.78 is 11.2. The smallest absolute Gasteiger partial charge is 0.313 e. The van der Waals surface area contributed by atoms with Gasteiger partial charge in [0.2, 0.25) is 0 Å². The minimum Gasteiger partial charge on any atom is -0.448 e. The van der Waals surface area contributed by atoms with Gasteiger partial charge in [0.05, 0.1) is 10.8 Å². The molecular weight excluding hydrogens is 400 g/mol. The van der Waals surface area contributed by atoms with E-state index >= 15 is 0 Å². The molecule has 0 aromatic carbocycles. The zero-order valence-electron chi connectivity index (χ0n) is 19.6. The zero-order valence-corrected chi connectivity index (χ0v) is 19.6. The van der Waals surface area contributed by atoms with Gasteiger partial charge in [-0.2, -0.15) is 0 Å². The average molecular weight is 435 g/mol. The van der Waals surface area contributed by atoms with Gasteiger partial charge in [-0.05, 0) is 46.5 Å². The predicted octanol–water partition coefficient (Wildman–Crippen LogP) is 1.85. The molecular formula is C23H34N2O6. The summed E-state index contributed by atoms with van der Waals surface area (Å²) in [7, 11) is 0. The maximum atomic E-state index is 13.2. The van der Waals surface area contributed by atoms with Crippen LogP contribution in [0.3, 0.4) is 0 Å². The van der Waals surface area contributed by atoms with Crippen LogP contribution in [0.2, 0.25) is 0 Å². The van der Waals surface area contributed by atoms with Crippen molar-refractivity contribution in [3.05, 3.63) is 0 Å². The van der Waals surface area contributed by atoms with Gasteiger partial charge in [-0.25, -0.2) is 0 Å². The van der Waals surface area contributed by atoms with Crippen LogP contribution >= 0.6 is 0 Å². The Bertz CT molecular complexity index is 896. The van der Waals surface area contributed by atoms with Gasteiger partial charge in [0, 0.05) is 23.4 Å². The van der Waals surface area contributed by atoms with Crippen LogP contribution < -0.4 is 10.6 Å². The number of rotatable bonds is 5. The molecule has 8 nitrogen and oxygen atoms in total. The highest BCUT2D eigenvalue weighted by Gasteiger charge is 2.76. The van der Waals surface area contributed by atoms with Gasteiger partial charge >= 0.3 is 11.9 Å². The molecule has 2 amide bonds. The number of nitrogens with one attached hydrogen (secondary N) is 2. The maximum Gasteiger partial charge on any atom is 0.313 e. The summed E-state index contributed by atoms with van der Waals surface area (Å²) in [6.45, 7) is 13.3. The van der Waals surface area contributed by atoms with E-state index in [1.165, 1.54) is 0 Å². The fraction of sp³-hybridized carbons (Fsp3) is 0.826. The van der Waals surface area contributed by atoms with E-state index in [9.17, 15) is 19.2 Å². The average Bonchev–Trinajstić information content (AvgIpc) is 3.14. The largest absolute Gasteiger partial charge is 0.448 e. The zero-order chi connectivity index (χ0) is 23.3. The second-order valence-corrected chi connectivity index (χ2v) is 11.4. The lowest BCUT2D eigenvalue weighted by Gasteiger charge is -2.37. The number of carbonyl (C=O) groups excluding carboxylic acids is 4. The molecule has 2 aliphatic carbocycles. The van der Waals surface area contributed by atoms with Crippen molar-refractivity contribution < 1.29 is 28.7 Å². The highest BCUT2D eigenvalue weighted by Crippen LogP contribution is 2.66. The van der Waals surface area contributed by atoms with Gasteiger partial charge in [0.1, 0.15) is 0 Å². The first-order valence-electron chi connectivity index (χ1n) is 11.2. The summed E-state index contributed by atoms with van der Waals surface area (Å²) in [6.07, 6.45) is 2.19. The van der Waals surface area contributed by atoms with Crippen LogP contribution in [-0.4, -0.2) is 47.5 Å². The summed E-state index contributed by atoms with van der Waals surface area (Å²) >= 11 is 0. The van der Waals surface area contributed by atoms with Gasteiger partial charge in [0.15, 0.2) is 11.2 Å². The molecule has 4 fully saturated rings. The Balaban J connectivity index is 1.41. The Hall–Kier alpha value is -2.12. The molecule has 4 aliphatic rings. The molecule has 2 saturated carbocycles. The van der Waals surface area contributed by atoms with E-state index in [1.54, 1.807) is 6.92 Å². The molecule has 2 aliphatic heterocycles. The Labute approximate surface area is 183 Å². The van der Waals surface area contributed by atoms with Crippen molar-refractivity contribution in [3.8, 4) is 0 Å². The predicted molar refractivity (Wildman–Crippen MR) is 111 cm³/mol. The fourth-order valence-electron chi connectivity index (χ4n) is 6.27. The third-order valence-electron chi connectivity index (χ3n) is 9.85. The molecule has 4 bridgehead atoms. The van der Waals surface area contributed by atoms with Crippen molar-refractivity contribution in [2.24, 2.45) is 21.7 Å². The molecule has 2 N–H and O–H groups in total. The second kappa shape index (κ2) is 6.01. The van der Waals surface area contributed by atoms with E-state index in [2.05, 4.69) is 10.6 Å². The molecule has 2 saturated heterocycles. The second-order valence-electron chi connectivity index (χ2n) is 11.4. The first-order valence-corrected chi connectivity index (χ1v) is 11.2. The van der Waals surface area contributed by atoms with Crippen LogP contribution in [0.25, 0.3) is 0 Å². The Morgan fingerprint density at radius 1 is 0.806 bits per heavy atom. The van der Waals surface area contributed by atoms with Crippen LogP contribution in [0.4, 0.5) is 0 Å². The van der Waals surface area contributed by atoms with Crippen molar-refractivity contribution in [1.82, 2.24) is 10.6 Å². The first kappa shape index (κ1) is 22.1. The van der Waals surface area contributed by atoms with E-state index in [1.807, 2.05) is 41.5 Å². The van der Waals surface area contributed by atoms with E-state index in [0.29, 0.717) is 25.7 Å². The van der Waals surface area contributed by atoms with Gasteiger partial charge < -0.3 is 20.1 Å². The number of amides is 2. The Morgan fingerprint density at radius 2 is 1.23 bits per heavy atom. The van der Waals surface area contributed by atoms with Gasteiger partial charge in [-0.15, -0.1) is 0 Å². The monoisotopic (exact) mass is 434 g/mol. The summed E-state index contributed by atoms with van der Waals surface area (Å²) in [5.74, 6) is -1.30. The van der Waals surface area contributed by atoms with E-state index in [0.717, 1.165) is 0 Å². The van der Waals surface area contributed by atoms with Gasteiger partial charge in [-0.3, -0.25) is 19.2 Å². The van der Waals surface area contributed by atoms with Crippen LogP contribution in [0.15, 0.2) is 0 Å². The molecule has 4 rings (SSSR count). The minimum atomic E-state index is -1.19. The first-order chi connectivity index (χ1) is 14.1. The molecule has 0 radical (unpaired) electrons. The summed E-state index contributed by atoms with van der Waals surface area (Å²) in [6, 6.07) is -0.391. The number of hydrogen-bond donors (Lipinski definition) is 2. The van der Waals surface area contributed by atoms with Crippen molar-refractivity contribution in [2.45, 2.75) is 91.4 Å². The molecule has 0 aromatic heterocycles. The lowest BCUT2D eigenvalue weighted by atomic mass is 9.66. The highest BCUT2D eigenvalue weighted by atomic mass is 16.6. The maximum absolute atomic E-state index is 13.2. The SMILES string of the molecule is C[C@H](CNC(=O)[C@@]12CC[C@](C)(C(=O)O1)C2(C)C)NC(=O)[C@]12CC[C@](C)(C(=O)O1)C2(C)C. The van der Waals surface area contributed by atoms with Crippen LogP contribution in [0, 0.1) is 21.7 Å². The fourth-order valence-corrected chi connectivity index (χ4v) is 6.27. The molecule has 8 heteroatoms. The van der Waals surface area contributed by atoms with Crippen molar-refractivity contribution in [1.29, 1.82) is 0 Å². The van der Waals surface area contributed by atoms with Crippen LogP contribution in [-0.2, 0) is 28.7 Å². The quantitative estimate of drug-likeness (QED) is 0.639. The molecule has 2 heterocycles. The summed E-state index contributed by atoms with van der Waals surface area (Å²) in [5, 5.41) is 5.79. The van der Waals surface area contributed by atoms with Crippen molar-refractivity contribution >= 4 is 23.8 Å².